The van der Waals surface area contributed by atoms with Crippen molar-refractivity contribution in [1.29, 1.82) is 0 Å². The minimum Gasteiger partial charge on any atom is -0.483 e. The number of rotatable bonds is 7. The van der Waals surface area contributed by atoms with E-state index in [-0.39, 0.29) is 18.4 Å². The number of pyridine rings is 1. The van der Waals surface area contributed by atoms with E-state index in [4.69, 9.17) is 4.74 Å². The van der Waals surface area contributed by atoms with E-state index in [0.29, 0.717) is 23.5 Å². The average molecular weight is 389 g/mol. The van der Waals surface area contributed by atoms with Gasteiger partial charge in [-0.2, -0.15) is 0 Å². The molecule has 1 aromatic heterocycles. The quantitative estimate of drug-likeness (QED) is 0.646. The molecular weight excluding hydrogens is 366 g/mol. The van der Waals surface area contributed by atoms with Crippen molar-refractivity contribution in [3.05, 3.63) is 89.2 Å². The number of hydrogen-bond donors (Lipinski definition) is 2. The highest BCUT2D eigenvalue weighted by Gasteiger charge is 2.14. The molecular formula is C23H23N3O3. The number of nitrogens with one attached hydrogen (secondary N) is 2. The number of nitrogens with zero attached hydrogens (tertiary/aromatic N) is 1. The van der Waals surface area contributed by atoms with Crippen molar-refractivity contribution >= 4 is 17.5 Å². The Bertz CT molecular complexity index is 1000. The Labute approximate surface area is 169 Å². The molecule has 0 aliphatic rings. The summed E-state index contributed by atoms with van der Waals surface area (Å²) in [5.41, 5.74) is 3.81. The van der Waals surface area contributed by atoms with Crippen molar-refractivity contribution in [3.63, 3.8) is 0 Å². The molecule has 0 spiro atoms. The van der Waals surface area contributed by atoms with Gasteiger partial charge in [-0.05, 0) is 54.8 Å². The van der Waals surface area contributed by atoms with Gasteiger partial charge in [-0.3, -0.25) is 14.6 Å². The first-order valence-electron chi connectivity index (χ1n) is 9.29. The number of carbonyl (C=O) groups is 2. The molecule has 0 fully saturated rings. The number of benzene rings is 2. The normalized spacial score (nSPS) is 10.3. The summed E-state index contributed by atoms with van der Waals surface area (Å²) in [6, 6.07) is 16.3. The molecule has 0 unspecified atom stereocenters. The number of carbonyl (C=O) groups excluding carboxylic acids is 2. The molecule has 3 rings (SSSR count). The second-order valence-corrected chi connectivity index (χ2v) is 6.62. The van der Waals surface area contributed by atoms with Gasteiger partial charge in [0.25, 0.3) is 11.8 Å². The largest absolute Gasteiger partial charge is 0.483 e. The van der Waals surface area contributed by atoms with Crippen LogP contribution >= 0.6 is 0 Å². The lowest BCUT2D eigenvalue weighted by atomic mass is 10.1. The molecule has 3 aromatic rings. The van der Waals surface area contributed by atoms with Crippen molar-refractivity contribution in [2.45, 2.75) is 20.4 Å². The number of aryl methyl sites for hydroxylation is 1. The Hall–Kier alpha value is -3.67. The molecule has 0 aliphatic heterocycles. The van der Waals surface area contributed by atoms with Crippen LogP contribution in [-0.4, -0.2) is 23.4 Å². The molecule has 1 heterocycles. The van der Waals surface area contributed by atoms with Crippen LogP contribution in [0.3, 0.4) is 0 Å². The number of hydrogen-bond acceptors (Lipinski definition) is 4. The van der Waals surface area contributed by atoms with Crippen molar-refractivity contribution in [1.82, 2.24) is 10.3 Å². The average Bonchev–Trinajstić information content (AvgIpc) is 2.74. The number of para-hydroxylation sites is 1. The molecule has 0 aliphatic carbocycles. The van der Waals surface area contributed by atoms with Gasteiger partial charge in [0.2, 0.25) is 0 Å². The van der Waals surface area contributed by atoms with E-state index in [0.717, 1.165) is 16.7 Å². The van der Waals surface area contributed by atoms with Crippen LogP contribution in [0.1, 0.15) is 27.0 Å². The molecule has 2 N–H and O–H groups in total. The fourth-order valence-corrected chi connectivity index (χ4v) is 2.78. The lowest BCUT2D eigenvalue weighted by Gasteiger charge is -2.13. The van der Waals surface area contributed by atoms with Gasteiger partial charge in [0, 0.05) is 18.9 Å². The topological polar surface area (TPSA) is 80.3 Å². The smallest absolute Gasteiger partial charge is 0.262 e. The minimum atomic E-state index is -0.335. The molecule has 6 nitrogen and oxygen atoms in total. The third-order valence-electron chi connectivity index (χ3n) is 4.54. The van der Waals surface area contributed by atoms with Gasteiger partial charge in [0.05, 0.1) is 11.3 Å². The van der Waals surface area contributed by atoms with Gasteiger partial charge < -0.3 is 15.4 Å². The summed E-state index contributed by atoms with van der Waals surface area (Å²) in [5, 5.41) is 5.60. The van der Waals surface area contributed by atoms with Gasteiger partial charge in [-0.1, -0.05) is 30.3 Å². The zero-order valence-electron chi connectivity index (χ0n) is 16.4. The van der Waals surface area contributed by atoms with E-state index in [9.17, 15) is 9.59 Å². The molecule has 0 radical (unpaired) electrons. The second kappa shape index (κ2) is 9.50. The molecule has 0 saturated carbocycles. The summed E-state index contributed by atoms with van der Waals surface area (Å²) in [7, 11) is 0. The van der Waals surface area contributed by atoms with E-state index in [1.165, 1.54) is 0 Å². The zero-order chi connectivity index (χ0) is 20.6. The highest BCUT2D eigenvalue weighted by molar-refractivity contribution is 6.04. The molecule has 2 amide bonds. The van der Waals surface area contributed by atoms with Crippen LogP contribution in [0.5, 0.6) is 5.75 Å². The first kappa shape index (κ1) is 20.1. The van der Waals surface area contributed by atoms with Crippen molar-refractivity contribution in [3.8, 4) is 5.75 Å². The predicted octanol–water partition coefficient (Wildman–Crippen LogP) is 3.65. The van der Waals surface area contributed by atoms with E-state index >= 15 is 0 Å². The van der Waals surface area contributed by atoms with Crippen LogP contribution in [0.15, 0.2) is 67.0 Å². The third-order valence-corrected chi connectivity index (χ3v) is 4.54. The van der Waals surface area contributed by atoms with Crippen LogP contribution < -0.4 is 15.4 Å². The lowest BCUT2D eigenvalue weighted by Crippen LogP contribution is -2.26. The molecule has 148 valence electrons. The first-order chi connectivity index (χ1) is 14.0. The number of ether oxygens (including phenoxy) is 1. The number of amides is 2. The van der Waals surface area contributed by atoms with Crippen LogP contribution in [0.4, 0.5) is 5.69 Å². The zero-order valence-corrected chi connectivity index (χ0v) is 16.4. The Kier molecular flexibility index (Phi) is 6.58. The summed E-state index contributed by atoms with van der Waals surface area (Å²) in [4.78, 5) is 29.0. The monoisotopic (exact) mass is 389 g/mol. The minimum absolute atomic E-state index is 0.143. The van der Waals surface area contributed by atoms with Crippen LogP contribution in [0.2, 0.25) is 0 Å². The fraction of sp³-hybridized carbons (Fsp3) is 0.174. The van der Waals surface area contributed by atoms with Gasteiger partial charge in [-0.25, -0.2) is 0 Å². The highest BCUT2D eigenvalue weighted by atomic mass is 16.5. The summed E-state index contributed by atoms with van der Waals surface area (Å²) >= 11 is 0. The van der Waals surface area contributed by atoms with Gasteiger partial charge in [0.1, 0.15) is 5.75 Å². The molecule has 0 bridgehead atoms. The molecule has 0 atom stereocenters. The van der Waals surface area contributed by atoms with Crippen molar-refractivity contribution in [2.24, 2.45) is 0 Å². The maximum absolute atomic E-state index is 12.6. The maximum Gasteiger partial charge on any atom is 0.262 e. The fourth-order valence-electron chi connectivity index (χ4n) is 2.78. The highest BCUT2D eigenvalue weighted by Crippen LogP contribution is 2.21. The Morgan fingerprint density at radius 1 is 1.00 bits per heavy atom. The van der Waals surface area contributed by atoms with Gasteiger partial charge >= 0.3 is 0 Å². The molecule has 0 saturated heterocycles. The van der Waals surface area contributed by atoms with Crippen LogP contribution in [0, 0.1) is 13.8 Å². The van der Waals surface area contributed by atoms with E-state index in [1.54, 1.807) is 36.7 Å². The SMILES string of the molecule is Cc1cccc(OCC(=O)Nc2ccccc2C(=O)NCc2cccnc2)c1C. The second-order valence-electron chi connectivity index (χ2n) is 6.62. The van der Waals surface area contributed by atoms with Gasteiger partial charge in [0.15, 0.2) is 6.61 Å². The predicted molar refractivity (Wildman–Crippen MR) is 112 cm³/mol. The van der Waals surface area contributed by atoms with Crippen molar-refractivity contribution < 1.29 is 14.3 Å². The first-order valence-corrected chi connectivity index (χ1v) is 9.29. The molecule has 6 heteroatoms. The number of aromatic nitrogens is 1. The number of anilines is 1. The molecule has 29 heavy (non-hydrogen) atoms. The summed E-state index contributed by atoms with van der Waals surface area (Å²) in [5.74, 6) is 0.0567. The maximum atomic E-state index is 12.6. The van der Waals surface area contributed by atoms with Crippen molar-refractivity contribution in [2.75, 3.05) is 11.9 Å². The van der Waals surface area contributed by atoms with E-state index < -0.39 is 0 Å². The van der Waals surface area contributed by atoms with Crippen LogP contribution in [-0.2, 0) is 11.3 Å². The lowest BCUT2D eigenvalue weighted by molar-refractivity contribution is -0.118. The Morgan fingerprint density at radius 3 is 2.62 bits per heavy atom. The summed E-state index contributed by atoms with van der Waals surface area (Å²) < 4.78 is 5.64. The Balaban J connectivity index is 1.61. The standard InChI is InChI=1S/C23H23N3O3/c1-16-7-5-11-21(17(16)2)29-15-22(27)26-20-10-4-3-9-19(20)23(28)25-14-18-8-6-12-24-13-18/h3-13H,14-15H2,1-2H3,(H,25,28)(H,26,27). The summed E-state index contributed by atoms with van der Waals surface area (Å²) in [6.07, 6.45) is 3.37. The van der Waals surface area contributed by atoms with E-state index in [1.807, 2.05) is 44.2 Å². The Morgan fingerprint density at radius 2 is 1.83 bits per heavy atom. The summed E-state index contributed by atoms with van der Waals surface area (Å²) in [6.45, 7) is 4.15. The van der Waals surface area contributed by atoms with Crippen LogP contribution in [0.25, 0.3) is 0 Å². The van der Waals surface area contributed by atoms with Gasteiger partial charge in [-0.15, -0.1) is 0 Å². The third kappa shape index (κ3) is 5.42. The van der Waals surface area contributed by atoms with E-state index in [2.05, 4.69) is 15.6 Å². The molecule has 2 aromatic carbocycles.